The average molecular weight is 625 g/mol. The van der Waals surface area contributed by atoms with Crippen molar-refractivity contribution in [2.45, 2.75) is 30.8 Å². The van der Waals surface area contributed by atoms with Crippen LogP contribution in [0.15, 0.2) is 72.8 Å². The summed E-state index contributed by atoms with van der Waals surface area (Å²) < 4.78 is 14.0. The van der Waals surface area contributed by atoms with Crippen molar-refractivity contribution in [3.8, 4) is 17.6 Å². The van der Waals surface area contributed by atoms with Crippen LogP contribution in [0.2, 0.25) is 10.0 Å². The van der Waals surface area contributed by atoms with Crippen molar-refractivity contribution in [2.75, 3.05) is 18.0 Å². The summed E-state index contributed by atoms with van der Waals surface area (Å²) in [6.07, 6.45) is 3.50. The molecule has 1 spiro atoms. The van der Waals surface area contributed by atoms with E-state index in [9.17, 15) is 10.1 Å². The van der Waals surface area contributed by atoms with Gasteiger partial charge in [-0.25, -0.2) is 9.78 Å². The molecule has 3 aliphatic rings. The SMILES string of the molecule is N#CC(c1ccc2c(c1)Oc1cc(N3CCCCC3)ccc1C21OC(=O)c2cc(Cl)c(Cl)cc21)c1nc2ccccc2s1. The number of hydrogen-bond donors (Lipinski definition) is 0. The second kappa shape index (κ2) is 9.99. The predicted octanol–water partition coefficient (Wildman–Crippen LogP) is 8.82. The summed E-state index contributed by atoms with van der Waals surface area (Å²) in [5.74, 6) is 0.0118. The van der Waals surface area contributed by atoms with E-state index in [1.54, 1.807) is 12.1 Å². The molecule has 3 aliphatic heterocycles. The number of benzene rings is 4. The molecule has 0 radical (unpaired) electrons. The van der Waals surface area contributed by atoms with E-state index < -0.39 is 17.5 Å². The monoisotopic (exact) mass is 623 g/mol. The third kappa shape index (κ3) is 4.05. The molecule has 8 rings (SSSR count). The van der Waals surface area contributed by atoms with E-state index in [0.717, 1.165) is 47.4 Å². The fourth-order valence-corrected chi connectivity index (χ4v) is 7.90. The van der Waals surface area contributed by atoms with Crippen molar-refractivity contribution in [3.63, 3.8) is 0 Å². The van der Waals surface area contributed by atoms with Gasteiger partial charge in [0.1, 0.15) is 22.4 Å². The Labute approximate surface area is 262 Å². The fourth-order valence-electron chi connectivity index (χ4n) is 6.53. The predicted molar refractivity (Wildman–Crippen MR) is 168 cm³/mol. The van der Waals surface area contributed by atoms with Crippen molar-refractivity contribution >= 4 is 56.4 Å². The first kappa shape index (κ1) is 26.5. The zero-order valence-corrected chi connectivity index (χ0v) is 25.1. The van der Waals surface area contributed by atoms with Crippen LogP contribution in [0.1, 0.15) is 62.8 Å². The van der Waals surface area contributed by atoms with Gasteiger partial charge in [-0.1, -0.05) is 47.5 Å². The molecule has 212 valence electrons. The number of anilines is 1. The first-order chi connectivity index (χ1) is 21.0. The van der Waals surface area contributed by atoms with E-state index in [1.165, 1.54) is 17.8 Å². The van der Waals surface area contributed by atoms with Gasteiger partial charge in [0.2, 0.25) is 0 Å². The molecule has 2 unspecified atom stereocenters. The van der Waals surface area contributed by atoms with Crippen LogP contribution in [0.5, 0.6) is 11.5 Å². The number of esters is 1. The number of thiazole rings is 1. The van der Waals surface area contributed by atoms with Crippen molar-refractivity contribution in [2.24, 2.45) is 0 Å². The molecule has 1 fully saturated rings. The molecule has 6 nitrogen and oxygen atoms in total. The molecule has 1 aromatic heterocycles. The van der Waals surface area contributed by atoms with Gasteiger partial charge in [-0.3, -0.25) is 0 Å². The van der Waals surface area contributed by atoms with Crippen molar-refractivity contribution in [1.29, 1.82) is 5.26 Å². The second-order valence-electron chi connectivity index (χ2n) is 11.1. The summed E-state index contributed by atoms with van der Waals surface area (Å²) in [5.41, 5.74) is 3.70. The maximum absolute atomic E-state index is 13.4. The Morgan fingerprint density at radius 2 is 1.65 bits per heavy atom. The highest BCUT2D eigenvalue weighted by atomic mass is 35.5. The van der Waals surface area contributed by atoms with Gasteiger partial charge in [0.15, 0.2) is 5.60 Å². The Morgan fingerprint density at radius 1 is 0.907 bits per heavy atom. The number of hydrogen-bond acceptors (Lipinski definition) is 7. The van der Waals surface area contributed by atoms with Gasteiger partial charge in [-0.05, 0) is 67.3 Å². The number of piperidine rings is 1. The number of nitriles is 1. The normalized spacial score (nSPS) is 19.3. The van der Waals surface area contributed by atoms with Crippen LogP contribution in [-0.2, 0) is 10.3 Å². The van der Waals surface area contributed by atoms with Gasteiger partial charge >= 0.3 is 5.97 Å². The highest BCUT2D eigenvalue weighted by molar-refractivity contribution is 7.18. The number of ether oxygens (including phenoxy) is 2. The summed E-state index contributed by atoms with van der Waals surface area (Å²) in [7, 11) is 0. The zero-order valence-electron chi connectivity index (χ0n) is 22.8. The van der Waals surface area contributed by atoms with E-state index in [2.05, 4.69) is 17.0 Å². The molecule has 0 N–H and O–H groups in total. The van der Waals surface area contributed by atoms with Crippen LogP contribution in [0.25, 0.3) is 10.2 Å². The molecule has 2 atom stereocenters. The lowest BCUT2D eigenvalue weighted by atomic mass is 9.77. The van der Waals surface area contributed by atoms with Gasteiger partial charge in [0.05, 0.1) is 31.9 Å². The average Bonchev–Trinajstić information content (AvgIpc) is 3.57. The molecule has 1 saturated heterocycles. The number of para-hydroxylation sites is 1. The Balaban J connectivity index is 1.31. The largest absolute Gasteiger partial charge is 0.456 e. The molecule has 5 aromatic rings. The molecule has 0 bridgehead atoms. The standard InChI is InChI=1S/C34H23Cl2N3O3S/c35-26-16-21-25(17-27(26)36)34(42-33(21)40)23-10-8-19(22(18-37)32-38-28-6-2-3-7-31(28)43-32)14-29(23)41-30-15-20(9-11-24(30)34)39-12-4-1-5-13-39/h2-3,6-11,14-17,22H,1,4-5,12-13H2. The lowest BCUT2D eigenvalue weighted by Crippen LogP contribution is -2.34. The molecule has 0 aliphatic carbocycles. The third-order valence-corrected chi connectivity index (χ3v) is 10.4. The van der Waals surface area contributed by atoms with Gasteiger partial charge in [-0.2, -0.15) is 5.26 Å². The molecule has 43 heavy (non-hydrogen) atoms. The minimum absolute atomic E-state index is 0.283. The number of fused-ring (bicyclic) bond motifs is 7. The Morgan fingerprint density at radius 3 is 2.44 bits per heavy atom. The molecule has 0 saturated carbocycles. The number of aromatic nitrogens is 1. The molecule has 4 heterocycles. The summed E-state index contributed by atoms with van der Waals surface area (Å²) in [6.45, 7) is 1.95. The Bertz CT molecular complexity index is 1980. The highest BCUT2D eigenvalue weighted by Gasteiger charge is 2.54. The topological polar surface area (TPSA) is 75.4 Å². The minimum atomic E-state index is -1.29. The molecule has 0 amide bonds. The molecule has 4 aromatic carbocycles. The molecular formula is C34H23Cl2N3O3S. The second-order valence-corrected chi connectivity index (χ2v) is 12.9. The van der Waals surface area contributed by atoms with E-state index in [1.807, 2.05) is 54.6 Å². The van der Waals surface area contributed by atoms with Crippen LogP contribution >= 0.6 is 34.5 Å². The van der Waals surface area contributed by atoms with Crippen LogP contribution in [0.4, 0.5) is 5.69 Å². The number of carbonyl (C=O) groups is 1. The lowest BCUT2D eigenvalue weighted by molar-refractivity contribution is 0.0224. The number of rotatable bonds is 3. The zero-order chi connectivity index (χ0) is 29.3. The summed E-state index contributed by atoms with van der Waals surface area (Å²) in [6, 6.07) is 25.3. The summed E-state index contributed by atoms with van der Waals surface area (Å²) in [4.78, 5) is 20.5. The van der Waals surface area contributed by atoms with E-state index in [0.29, 0.717) is 43.8 Å². The van der Waals surface area contributed by atoms with Gasteiger partial charge in [-0.15, -0.1) is 11.3 Å². The molecule has 9 heteroatoms. The van der Waals surface area contributed by atoms with Crippen molar-refractivity contribution in [3.05, 3.63) is 116 Å². The minimum Gasteiger partial charge on any atom is -0.456 e. The van der Waals surface area contributed by atoms with Crippen LogP contribution < -0.4 is 9.64 Å². The van der Waals surface area contributed by atoms with E-state index in [4.69, 9.17) is 37.7 Å². The number of carbonyl (C=O) groups excluding carboxylic acids is 1. The lowest BCUT2D eigenvalue weighted by Gasteiger charge is -2.38. The quantitative estimate of drug-likeness (QED) is 0.187. The van der Waals surface area contributed by atoms with Gasteiger partial charge in [0, 0.05) is 41.5 Å². The first-order valence-corrected chi connectivity index (χ1v) is 15.7. The van der Waals surface area contributed by atoms with E-state index in [-0.39, 0.29) is 5.02 Å². The van der Waals surface area contributed by atoms with Crippen LogP contribution in [-0.4, -0.2) is 24.0 Å². The summed E-state index contributed by atoms with van der Waals surface area (Å²) in [5, 5.41) is 11.6. The third-order valence-electron chi connectivity index (χ3n) is 8.60. The number of nitrogens with zero attached hydrogens (tertiary/aromatic N) is 3. The van der Waals surface area contributed by atoms with Gasteiger partial charge in [0.25, 0.3) is 0 Å². The Kier molecular flexibility index (Phi) is 6.16. The smallest absolute Gasteiger partial charge is 0.340 e. The van der Waals surface area contributed by atoms with Crippen molar-refractivity contribution in [1.82, 2.24) is 4.98 Å². The maximum atomic E-state index is 13.4. The fraction of sp³-hybridized carbons (Fsp3) is 0.206. The highest BCUT2D eigenvalue weighted by Crippen LogP contribution is 2.58. The van der Waals surface area contributed by atoms with Crippen LogP contribution in [0.3, 0.4) is 0 Å². The van der Waals surface area contributed by atoms with Gasteiger partial charge < -0.3 is 14.4 Å². The molecular weight excluding hydrogens is 601 g/mol. The van der Waals surface area contributed by atoms with E-state index >= 15 is 0 Å². The van der Waals surface area contributed by atoms with Crippen molar-refractivity contribution < 1.29 is 14.3 Å². The Hall–Kier alpha value is -4.09. The first-order valence-electron chi connectivity index (χ1n) is 14.2. The summed E-state index contributed by atoms with van der Waals surface area (Å²) >= 11 is 14.4. The number of halogens is 2. The maximum Gasteiger partial charge on any atom is 0.340 e. The van der Waals surface area contributed by atoms with Crippen LogP contribution in [0, 0.1) is 11.3 Å².